The molecule has 0 heterocycles. The Balaban J connectivity index is 2.74. The number of hydrogen-bond acceptors (Lipinski definition) is 3. The lowest BCUT2D eigenvalue weighted by atomic mass is 10.1. The van der Waals surface area contributed by atoms with Gasteiger partial charge in [0.1, 0.15) is 18.2 Å². The van der Waals surface area contributed by atoms with Gasteiger partial charge in [0.25, 0.3) is 0 Å². The van der Waals surface area contributed by atoms with Gasteiger partial charge in [0.2, 0.25) is 0 Å². The molecule has 0 aromatic heterocycles. The molecule has 0 saturated heterocycles. The Morgan fingerprint density at radius 2 is 2.18 bits per heavy atom. The van der Waals surface area contributed by atoms with Crippen molar-refractivity contribution in [2.24, 2.45) is 10.7 Å². The second-order valence-corrected chi connectivity index (χ2v) is 3.43. The van der Waals surface area contributed by atoms with Crippen molar-refractivity contribution in [3.63, 3.8) is 0 Å². The lowest BCUT2D eigenvalue weighted by Gasteiger charge is -1.99. The predicted molar refractivity (Wildman–Crippen MR) is 62.0 cm³/mol. The standard InChI is InChI=1S/C12H12F2N2O/c1-8(5-15)6-16-7-12(17)10-3-2-9(13)4-11(10)14/h2-6H,7,15H2,1H3. The molecule has 17 heavy (non-hydrogen) atoms. The number of benzene rings is 1. The third-order valence-electron chi connectivity index (χ3n) is 2.02. The Morgan fingerprint density at radius 1 is 1.47 bits per heavy atom. The number of nitrogens with zero attached hydrogens (tertiary/aromatic N) is 1. The molecule has 0 spiro atoms. The number of Topliss-reactive ketones (excluding diaryl/α,β-unsaturated/α-hetero) is 1. The van der Waals surface area contributed by atoms with Gasteiger partial charge in [0, 0.05) is 12.3 Å². The van der Waals surface area contributed by atoms with E-state index >= 15 is 0 Å². The van der Waals surface area contributed by atoms with Crippen molar-refractivity contribution in [3.8, 4) is 0 Å². The number of carbonyl (C=O) groups excluding carboxylic acids is 1. The van der Waals surface area contributed by atoms with E-state index in [4.69, 9.17) is 5.73 Å². The zero-order chi connectivity index (χ0) is 12.8. The molecule has 0 aliphatic rings. The molecule has 0 aliphatic heterocycles. The highest BCUT2D eigenvalue weighted by Gasteiger charge is 2.11. The molecule has 0 atom stereocenters. The largest absolute Gasteiger partial charge is 0.404 e. The second-order valence-electron chi connectivity index (χ2n) is 3.43. The number of nitrogens with two attached hydrogens (primary N) is 1. The molecule has 0 aliphatic carbocycles. The van der Waals surface area contributed by atoms with E-state index in [-0.39, 0.29) is 12.1 Å². The third-order valence-corrected chi connectivity index (χ3v) is 2.02. The van der Waals surface area contributed by atoms with Gasteiger partial charge in [-0.15, -0.1) is 0 Å². The molecule has 0 radical (unpaired) electrons. The summed E-state index contributed by atoms with van der Waals surface area (Å²) in [5.74, 6) is -2.11. The summed E-state index contributed by atoms with van der Waals surface area (Å²) in [5.41, 5.74) is 5.72. The maximum atomic E-state index is 13.2. The molecule has 90 valence electrons. The lowest BCUT2D eigenvalue weighted by Crippen LogP contribution is -2.06. The molecule has 0 unspecified atom stereocenters. The minimum Gasteiger partial charge on any atom is -0.404 e. The van der Waals surface area contributed by atoms with Crippen LogP contribution in [0.3, 0.4) is 0 Å². The summed E-state index contributed by atoms with van der Waals surface area (Å²) < 4.78 is 25.8. The fraction of sp³-hybridized carbons (Fsp3) is 0.167. The Hall–Kier alpha value is -2.04. The number of allylic oxidation sites excluding steroid dienone is 1. The van der Waals surface area contributed by atoms with E-state index in [0.29, 0.717) is 11.6 Å². The van der Waals surface area contributed by atoms with Crippen molar-refractivity contribution < 1.29 is 13.6 Å². The highest BCUT2D eigenvalue weighted by molar-refractivity contribution is 5.98. The van der Waals surface area contributed by atoms with Crippen LogP contribution in [0.2, 0.25) is 0 Å². The van der Waals surface area contributed by atoms with Crippen LogP contribution in [0.25, 0.3) is 0 Å². The van der Waals surface area contributed by atoms with Crippen LogP contribution >= 0.6 is 0 Å². The van der Waals surface area contributed by atoms with E-state index in [1.807, 2.05) is 0 Å². The maximum absolute atomic E-state index is 13.2. The highest BCUT2D eigenvalue weighted by Crippen LogP contribution is 2.10. The fourth-order valence-electron chi connectivity index (χ4n) is 1.12. The van der Waals surface area contributed by atoms with Gasteiger partial charge in [-0.2, -0.15) is 0 Å². The molecular weight excluding hydrogens is 226 g/mol. The van der Waals surface area contributed by atoms with E-state index in [0.717, 1.165) is 12.1 Å². The van der Waals surface area contributed by atoms with Crippen molar-refractivity contribution in [1.29, 1.82) is 0 Å². The zero-order valence-corrected chi connectivity index (χ0v) is 9.28. The summed E-state index contributed by atoms with van der Waals surface area (Å²) in [7, 11) is 0. The fourth-order valence-corrected chi connectivity index (χ4v) is 1.12. The number of aliphatic imine (C=N–C) groups is 1. The monoisotopic (exact) mass is 238 g/mol. The van der Waals surface area contributed by atoms with Gasteiger partial charge in [-0.1, -0.05) is 0 Å². The highest BCUT2D eigenvalue weighted by atomic mass is 19.1. The van der Waals surface area contributed by atoms with Crippen molar-refractivity contribution in [3.05, 3.63) is 47.2 Å². The normalized spacial score (nSPS) is 12.1. The number of halogens is 2. The molecule has 0 bridgehead atoms. The van der Waals surface area contributed by atoms with Crippen molar-refractivity contribution >= 4 is 12.0 Å². The summed E-state index contributed by atoms with van der Waals surface area (Å²) >= 11 is 0. The molecule has 3 nitrogen and oxygen atoms in total. The molecule has 0 fully saturated rings. The minimum absolute atomic E-state index is 0.169. The van der Waals surface area contributed by atoms with Gasteiger partial charge in [-0.25, -0.2) is 8.78 Å². The zero-order valence-electron chi connectivity index (χ0n) is 9.28. The summed E-state index contributed by atoms with van der Waals surface area (Å²) in [4.78, 5) is 15.3. The maximum Gasteiger partial charge on any atom is 0.187 e. The van der Waals surface area contributed by atoms with Crippen molar-refractivity contribution in [1.82, 2.24) is 0 Å². The first-order chi connectivity index (χ1) is 8.04. The molecule has 2 N–H and O–H groups in total. The molecule has 1 aromatic carbocycles. The smallest absolute Gasteiger partial charge is 0.187 e. The number of carbonyl (C=O) groups is 1. The van der Waals surface area contributed by atoms with Crippen molar-refractivity contribution in [2.75, 3.05) is 6.54 Å². The Morgan fingerprint density at radius 3 is 2.76 bits per heavy atom. The van der Waals surface area contributed by atoms with E-state index < -0.39 is 17.4 Å². The van der Waals surface area contributed by atoms with Gasteiger partial charge in [-0.05, 0) is 30.8 Å². The second kappa shape index (κ2) is 5.89. The molecule has 1 rings (SSSR count). The Labute approximate surface area is 97.7 Å². The van der Waals surface area contributed by atoms with E-state index in [2.05, 4.69) is 4.99 Å². The molecular formula is C12H12F2N2O. The van der Waals surface area contributed by atoms with Crippen LogP contribution in [0.1, 0.15) is 17.3 Å². The van der Waals surface area contributed by atoms with Crippen LogP contribution in [-0.4, -0.2) is 18.5 Å². The summed E-state index contributed by atoms with van der Waals surface area (Å²) in [6, 6.07) is 2.81. The van der Waals surface area contributed by atoms with Gasteiger partial charge in [0.05, 0.1) is 5.56 Å². The van der Waals surface area contributed by atoms with Crippen molar-refractivity contribution in [2.45, 2.75) is 6.92 Å². The van der Waals surface area contributed by atoms with E-state index in [1.54, 1.807) is 6.92 Å². The average Bonchev–Trinajstić information content (AvgIpc) is 2.28. The van der Waals surface area contributed by atoms with Crippen LogP contribution in [-0.2, 0) is 0 Å². The first kappa shape index (κ1) is 13.0. The summed E-state index contributed by atoms with van der Waals surface area (Å²) in [5, 5.41) is 0. The predicted octanol–water partition coefficient (Wildman–Crippen LogP) is 2.08. The van der Waals surface area contributed by atoms with Crippen LogP contribution in [0.4, 0.5) is 8.78 Å². The van der Waals surface area contributed by atoms with E-state index in [1.165, 1.54) is 12.4 Å². The van der Waals surface area contributed by atoms with E-state index in [9.17, 15) is 13.6 Å². The SMILES string of the molecule is CC(C=NCC(=O)c1ccc(F)cc1F)=CN. The molecule has 5 heteroatoms. The van der Waals surface area contributed by atoms with Gasteiger partial charge < -0.3 is 5.73 Å². The number of rotatable bonds is 4. The first-order valence-electron chi connectivity index (χ1n) is 4.91. The summed E-state index contributed by atoms with van der Waals surface area (Å²) in [6.07, 6.45) is 2.76. The van der Waals surface area contributed by atoms with Crippen LogP contribution in [0.15, 0.2) is 35.0 Å². The molecule has 1 aromatic rings. The Kier molecular flexibility index (Phi) is 4.51. The quantitative estimate of drug-likeness (QED) is 0.645. The Bertz CT molecular complexity index is 481. The molecule has 0 amide bonds. The van der Waals surface area contributed by atoms with Crippen LogP contribution in [0, 0.1) is 11.6 Å². The summed E-state index contributed by atoms with van der Waals surface area (Å²) in [6.45, 7) is 1.51. The topological polar surface area (TPSA) is 55.5 Å². The van der Waals surface area contributed by atoms with Crippen LogP contribution in [0.5, 0.6) is 0 Å². The first-order valence-corrected chi connectivity index (χ1v) is 4.91. The van der Waals surface area contributed by atoms with Gasteiger partial charge in [0.15, 0.2) is 5.78 Å². The number of ketones is 1. The third kappa shape index (κ3) is 3.79. The minimum atomic E-state index is -0.878. The number of hydrogen-bond donors (Lipinski definition) is 1. The average molecular weight is 238 g/mol. The van der Waals surface area contributed by atoms with Crippen LogP contribution < -0.4 is 5.73 Å². The van der Waals surface area contributed by atoms with Gasteiger partial charge in [-0.3, -0.25) is 9.79 Å². The van der Waals surface area contributed by atoms with Gasteiger partial charge >= 0.3 is 0 Å². The lowest BCUT2D eigenvalue weighted by molar-refractivity contribution is 0.0998. The molecule has 0 saturated carbocycles.